The van der Waals surface area contributed by atoms with E-state index >= 15 is 0 Å². The molecule has 1 atom stereocenters. The summed E-state index contributed by atoms with van der Waals surface area (Å²) in [5.41, 5.74) is 1.24. The number of likely N-dealkylation sites (tertiary alicyclic amines) is 1. The molecule has 5 heteroatoms. The van der Waals surface area contributed by atoms with Gasteiger partial charge in [0.25, 0.3) is 5.91 Å². The van der Waals surface area contributed by atoms with Gasteiger partial charge in [0.15, 0.2) is 12.1 Å². The van der Waals surface area contributed by atoms with Crippen LogP contribution in [0, 0.1) is 0 Å². The summed E-state index contributed by atoms with van der Waals surface area (Å²) >= 11 is 0. The molecule has 3 heterocycles. The van der Waals surface area contributed by atoms with Crippen molar-refractivity contribution >= 4 is 12.0 Å². The van der Waals surface area contributed by atoms with Gasteiger partial charge in [0.05, 0.1) is 0 Å². The van der Waals surface area contributed by atoms with Gasteiger partial charge in [-0.2, -0.15) is 0 Å². The van der Waals surface area contributed by atoms with Crippen LogP contribution in [0.4, 0.5) is 0 Å². The summed E-state index contributed by atoms with van der Waals surface area (Å²) in [6.45, 7) is 3.34. The average Bonchev–Trinajstić information content (AvgIpc) is 3.04. The third-order valence-electron chi connectivity index (χ3n) is 5.08. The van der Waals surface area contributed by atoms with Crippen LogP contribution >= 0.6 is 0 Å². The number of carbonyl (C=O) groups is 1. The molecule has 1 aromatic heterocycles. The van der Waals surface area contributed by atoms with Crippen molar-refractivity contribution < 1.29 is 13.9 Å². The van der Waals surface area contributed by atoms with Crippen LogP contribution in [0.5, 0.6) is 5.75 Å². The third-order valence-corrected chi connectivity index (χ3v) is 5.08. The Labute approximate surface area is 147 Å². The van der Waals surface area contributed by atoms with Crippen LogP contribution in [0.1, 0.15) is 48.0 Å². The maximum atomic E-state index is 12.8. The lowest BCUT2D eigenvalue weighted by Gasteiger charge is -2.34. The molecule has 2 aliphatic heterocycles. The van der Waals surface area contributed by atoms with Gasteiger partial charge in [0, 0.05) is 31.5 Å². The Morgan fingerprint density at radius 3 is 3.04 bits per heavy atom. The van der Waals surface area contributed by atoms with Crippen LogP contribution in [0.2, 0.25) is 0 Å². The Morgan fingerprint density at radius 2 is 2.16 bits per heavy atom. The van der Waals surface area contributed by atoms with Gasteiger partial charge in [-0.25, -0.2) is 4.98 Å². The molecule has 1 amide bonds. The lowest BCUT2D eigenvalue weighted by Crippen LogP contribution is -2.38. The van der Waals surface area contributed by atoms with E-state index in [1.807, 2.05) is 30.0 Å². The van der Waals surface area contributed by atoms with Gasteiger partial charge in [-0.3, -0.25) is 4.79 Å². The maximum absolute atomic E-state index is 12.8. The number of benzene rings is 1. The molecular weight excluding hydrogens is 316 g/mol. The van der Waals surface area contributed by atoms with Gasteiger partial charge >= 0.3 is 0 Å². The number of para-hydroxylation sites is 1. The zero-order valence-corrected chi connectivity index (χ0v) is 14.4. The van der Waals surface area contributed by atoms with Crippen molar-refractivity contribution in [2.45, 2.75) is 38.2 Å². The Bertz CT molecular complexity index is 811. The quantitative estimate of drug-likeness (QED) is 0.838. The molecule has 130 valence electrons. The Hall–Kier alpha value is -2.56. The van der Waals surface area contributed by atoms with Crippen molar-refractivity contribution in [1.29, 1.82) is 0 Å². The van der Waals surface area contributed by atoms with Crippen LogP contribution in [-0.4, -0.2) is 34.5 Å². The van der Waals surface area contributed by atoms with Crippen molar-refractivity contribution in [2.75, 3.05) is 13.1 Å². The number of hydrogen-bond acceptors (Lipinski definition) is 4. The highest BCUT2D eigenvalue weighted by Crippen LogP contribution is 2.37. The zero-order valence-electron chi connectivity index (χ0n) is 14.4. The summed E-state index contributed by atoms with van der Waals surface area (Å²) in [5.74, 6) is 1.55. The average molecular weight is 338 g/mol. The number of oxazole rings is 1. The molecule has 0 bridgehead atoms. The first kappa shape index (κ1) is 15.9. The second-order valence-corrected chi connectivity index (χ2v) is 6.66. The second-order valence-electron chi connectivity index (χ2n) is 6.66. The van der Waals surface area contributed by atoms with Crippen molar-refractivity contribution in [2.24, 2.45) is 0 Å². The fourth-order valence-electron chi connectivity index (χ4n) is 3.65. The maximum Gasteiger partial charge on any atom is 0.276 e. The van der Waals surface area contributed by atoms with Crippen LogP contribution in [0.15, 0.2) is 41.2 Å². The molecular formula is C20H22N2O3. The topological polar surface area (TPSA) is 55.6 Å². The second kappa shape index (κ2) is 6.39. The van der Waals surface area contributed by atoms with E-state index in [9.17, 15) is 4.79 Å². The van der Waals surface area contributed by atoms with Crippen LogP contribution < -0.4 is 4.74 Å². The fraction of sp³-hybridized carbons (Fsp3) is 0.400. The first-order valence-corrected chi connectivity index (χ1v) is 8.90. The lowest BCUT2D eigenvalue weighted by atomic mass is 9.91. The van der Waals surface area contributed by atoms with Gasteiger partial charge in [-0.05, 0) is 25.0 Å². The number of nitrogens with zero attached hydrogens (tertiary/aromatic N) is 2. The summed E-state index contributed by atoms with van der Waals surface area (Å²) in [7, 11) is 0. The molecule has 0 aliphatic carbocycles. The van der Waals surface area contributed by atoms with E-state index in [-0.39, 0.29) is 11.5 Å². The molecule has 4 rings (SSSR count). The minimum absolute atomic E-state index is 0.0390. The molecule has 0 saturated carbocycles. The number of fused-ring (bicyclic) bond motifs is 1. The van der Waals surface area contributed by atoms with Gasteiger partial charge < -0.3 is 14.1 Å². The van der Waals surface area contributed by atoms with E-state index in [2.05, 4.69) is 23.2 Å². The summed E-state index contributed by atoms with van der Waals surface area (Å²) in [4.78, 5) is 18.8. The van der Waals surface area contributed by atoms with Gasteiger partial charge in [0.2, 0.25) is 0 Å². The Morgan fingerprint density at radius 1 is 1.28 bits per heavy atom. The standard InChI is InChI=1S/C20H22N2O3/c1-2-16-18(21-14-24-16)19(23)22-12-5-9-20(11-13-22)10-8-15-6-3-4-7-17(15)25-20/h3-4,6-8,10,14H,2,5,9,11-13H2,1H3. The SMILES string of the molecule is CCc1ocnc1C(=O)N1CCCC2(C=Cc3ccccc3O2)CC1. The number of rotatable bonds is 2. The van der Waals surface area contributed by atoms with Crippen molar-refractivity contribution in [3.8, 4) is 5.75 Å². The molecule has 1 unspecified atom stereocenters. The number of hydrogen-bond donors (Lipinski definition) is 0. The highest BCUT2D eigenvalue weighted by molar-refractivity contribution is 5.93. The summed E-state index contributed by atoms with van der Waals surface area (Å²) in [5, 5.41) is 0. The highest BCUT2D eigenvalue weighted by Gasteiger charge is 2.36. The number of amides is 1. The van der Waals surface area contributed by atoms with Crippen LogP contribution in [-0.2, 0) is 6.42 Å². The van der Waals surface area contributed by atoms with Gasteiger partial charge in [-0.1, -0.05) is 31.2 Å². The minimum atomic E-state index is -0.319. The van der Waals surface area contributed by atoms with Gasteiger partial charge in [-0.15, -0.1) is 0 Å². The molecule has 1 saturated heterocycles. The predicted molar refractivity (Wildman–Crippen MR) is 94.5 cm³/mol. The first-order valence-electron chi connectivity index (χ1n) is 8.90. The fourth-order valence-corrected chi connectivity index (χ4v) is 3.65. The molecule has 1 spiro atoms. The molecule has 2 aliphatic rings. The van der Waals surface area contributed by atoms with Crippen LogP contribution in [0.25, 0.3) is 6.08 Å². The molecule has 0 N–H and O–H groups in total. The number of aryl methyl sites for hydroxylation is 1. The van der Waals surface area contributed by atoms with E-state index in [4.69, 9.17) is 9.15 Å². The van der Waals surface area contributed by atoms with E-state index in [1.54, 1.807) is 0 Å². The molecule has 5 nitrogen and oxygen atoms in total. The number of aromatic nitrogens is 1. The normalized spacial score (nSPS) is 22.4. The van der Waals surface area contributed by atoms with Crippen molar-refractivity contribution in [3.05, 3.63) is 53.8 Å². The van der Waals surface area contributed by atoms with E-state index < -0.39 is 0 Å². The zero-order chi connectivity index (χ0) is 17.3. The van der Waals surface area contributed by atoms with Gasteiger partial charge in [0.1, 0.15) is 17.1 Å². The summed E-state index contributed by atoms with van der Waals surface area (Å²) in [6, 6.07) is 8.08. The lowest BCUT2D eigenvalue weighted by molar-refractivity contribution is 0.0723. The van der Waals surface area contributed by atoms with Crippen molar-refractivity contribution in [3.63, 3.8) is 0 Å². The van der Waals surface area contributed by atoms with Crippen LogP contribution in [0.3, 0.4) is 0 Å². The number of ether oxygens (including phenoxy) is 1. The largest absolute Gasteiger partial charge is 0.483 e. The summed E-state index contributed by atoms with van der Waals surface area (Å²) in [6.07, 6.45) is 8.91. The minimum Gasteiger partial charge on any atom is -0.483 e. The predicted octanol–water partition coefficient (Wildman–Crippen LogP) is 3.71. The monoisotopic (exact) mass is 338 g/mol. The Balaban J connectivity index is 1.51. The molecule has 1 aromatic carbocycles. The van der Waals surface area contributed by atoms with Crippen molar-refractivity contribution in [1.82, 2.24) is 9.88 Å². The highest BCUT2D eigenvalue weighted by atomic mass is 16.5. The molecule has 1 fully saturated rings. The van der Waals surface area contributed by atoms with E-state index in [0.717, 1.165) is 37.1 Å². The third kappa shape index (κ3) is 2.95. The van der Waals surface area contributed by atoms with E-state index in [0.29, 0.717) is 24.4 Å². The number of carbonyl (C=O) groups excluding carboxylic acids is 1. The Kier molecular flexibility index (Phi) is 4.07. The molecule has 25 heavy (non-hydrogen) atoms. The summed E-state index contributed by atoms with van der Waals surface area (Å²) < 4.78 is 11.7. The van der Waals surface area contributed by atoms with E-state index in [1.165, 1.54) is 6.39 Å². The smallest absolute Gasteiger partial charge is 0.276 e. The molecule has 0 radical (unpaired) electrons. The molecule has 2 aromatic rings. The first-order chi connectivity index (χ1) is 12.2.